The molecule has 3 heteroatoms. The van der Waals surface area contributed by atoms with E-state index in [0.717, 1.165) is 18.1 Å². The highest BCUT2D eigenvalue weighted by Crippen LogP contribution is 2.37. The molecule has 4 unspecified atom stereocenters. The molecule has 21 heavy (non-hydrogen) atoms. The van der Waals surface area contributed by atoms with E-state index in [4.69, 9.17) is 10.5 Å². The van der Waals surface area contributed by atoms with Gasteiger partial charge in [-0.1, -0.05) is 25.8 Å². The van der Waals surface area contributed by atoms with E-state index in [2.05, 4.69) is 37.1 Å². The Morgan fingerprint density at radius 3 is 2.81 bits per heavy atom. The molecule has 2 N–H and O–H groups in total. The zero-order valence-electron chi connectivity index (χ0n) is 13.5. The number of rotatable bonds is 3. The second-order valence-corrected chi connectivity index (χ2v) is 6.95. The van der Waals surface area contributed by atoms with Crippen molar-refractivity contribution in [2.45, 2.75) is 57.2 Å². The molecule has 2 aliphatic rings. The van der Waals surface area contributed by atoms with Crippen LogP contribution in [0, 0.1) is 5.92 Å². The Morgan fingerprint density at radius 1 is 1.29 bits per heavy atom. The molecule has 1 aromatic rings. The topological polar surface area (TPSA) is 38.5 Å². The fourth-order valence-electron chi connectivity index (χ4n) is 4.20. The SMILES string of the molecule is COc1ccc2c(c1)C(N)C(N(C)C1CCCC(C)C1)C2. The Kier molecular flexibility index (Phi) is 4.23. The van der Waals surface area contributed by atoms with Gasteiger partial charge in [-0.15, -0.1) is 0 Å². The second-order valence-electron chi connectivity index (χ2n) is 6.95. The number of fused-ring (bicyclic) bond motifs is 1. The Hall–Kier alpha value is -1.06. The summed E-state index contributed by atoms with van der Waals surface area (Å²) >= 11 is 0. The van der Waals surface area contributed by atoms with E-state index in [1.54, 1.807) is 7.11 Å². The van der Waals surface area contributed by atoms with E-state index >= 15 is 0 Å². The van der Waals surface area contributed by atoms with E-state index in [1.807, 2.05) is 0 Å². The Balaban J connectivity index is 1.75. The lowest BCUT2D eigenvalue weighted by atomic mass is 9.85. The molecule has 1 aromatic carbocycles. The minimum absolute atomic E-state index is 0.109. The fraction of sp³-hybridized carbons (Fsp3) is 0.667. The second kappa shape index (κ2) is 5.98. The van der Waals surface area contributed by atoms with Crippen molar-refractivity contribution in [2.24, 2.45) is 11.7 Å². The molecular weight excluding hydrogens is 260 g/mol. The van der Waals surface area contributed by atoms with Gasteiger partial charge in [-0.3, -0.25) is 4.90 Å². The highest BCUT2D eigenvalue weighted by molar-refractivity contribution is 5.42. The zero-order valence-corrected chi connectivity index (χ0v) is 13.5. The fourth-order valence-corrected chi connectivity index (χ4v) is 4.20. The minimum atomic E-state index is 0.109. The summed E-state index contributed by atoms with van der Waals surface area (Å²) < 4.78 is 5.34. The monoisotopic (exact) mass is 288 g/mol. The van der Waals surface area contributed by atoms with Crippen LogP contribution in [0.4, 0.5) is 0 Å². The van der Waals surface area contributed by atoms with Gasteiger partial charge in [0.15, 0.2) is 0 Å². The number of hydrogen-bond donors (Lipinski definition) is 1. The summed E-state index contributed by atoms with van der Waals surface area (Å²) in [6.07, 6.45) is 6.46. The first-order chi connectivity index (χ1) is 10.1. The van der Waals surface area contributed by atoms with E-state index < -0.39 is 0 Å². The largest absolute Gasteiger partial charge is 0.497 e. The molecule has 0 aromatic heterocycles. The molecule has 0 amide bonds. The predicted molar refractivity (Wildman–Crippen MR) is 86.6 cm³/mol. The molecule has 3 rings (SSSR count). The van der Waals surface area contributed by atoms with Crippen LogP contribution in [-0.4, -0.2) is 31.1 Å². The van der Waals surface area contributed by atoms with Crippen LogP contribution < -0.4 is 10.5 Å². The molecule has 1 fully saturated rings. The summed E-state index contributed by atoms with van der Waals surface area (Å²) in [6, 6.07) is 7.60. The minimum Gasteiger partial charge on any atom is -0.497 e. The highest BCUT2D eigenvalue weighted by atomic mass is 16.5. The Morgan fingerprint density at radius 2 is 2.10 bits per heavy atom. The lowest BCUT2D eigenvalue weighted by Gasteiger charge is -2.39. The van der Waals surface area contributed by atoms with Gasteiger partial charge in [0.05, 0.1) is 7.11 Å². The third-order valence-electron chi connectivity index (χ3n) is 5.56. The van der Waals surface area contributed by atoms with Gasteiger partial charge in [0, 0.05) is 18.1 Å². The van der Waals surface area contributed by atoms with E-state index in [0.29, 0.717) is 12.1 Å². The maximum absolute atomic E-state index is 6.56. The molecule has 0 saturated heterocycles. The van der Waals surface area contributed by atoms with Gasteiger partial charge in [-0.2, -0.15) is 0 Å². The lowest BCUT2D eigenvalue weighted by molar-refractivity contribution is 0.109. The molecule has 0 bridgehead atoms. The van der Waals surface area contributed by atoms with Crippen molar-refractivity contribution >= 4 is 0 Å². The number of nitrogens with two attached hydrogens (primary N) is 1. The molecule has 116 valence electrons. The van der Waals surface area contributed by atoms with Crippen LogP contribution in [0.2, 0.25) is 0 Å². The molecule has 0 spiro atoms. The maximum atomic E-state index is 6.56. The van der Waals surface area contributed by atoms with E-state index in [1.165, 1.54) is 36.8 Å². The van der Waals surface area contributed by atoms with Crippen molar-refractivity contribution in [3.63, 3.8) is 0 Å². The van der Waals surface area contributed by atoms with Crippen LogP contribution in [0.5, 0.6) is 5.75 Å². The molecule has 0 heterocycles. The van der Waals surface area contributed by atoms with E-state index in [9.17, 15) is 0 Å². The first-order valence-corrected chi connectivity index (χ1v) is 8.24. The van der Waals surface area contributed by atoms with Crippen LogP contribution in [0.15, 0.2) is 18.2 Å². The van der Waals surface area contributed by atoms with Gasteiger partial charge in [0.2, 0.25) is 0 Å². The van der Waals surface area contributed by atoms with Crippen LogP contribution in [0.25, 0.3) is 0 Å². The molecular formula is C18H28N2O. The summed E-state index contributed by atoms with van der Waals surface area (Å²) in [4.78, 5) is 2.56. The Labute approximate surface area is 128 Å². The van der Waals surface area contributed by atoms with Crippen molar-refractivity contribution in [1.29, 1.82) is 0 Å². The summed E-state index contributed by atoms with van der Waals surface area (Å²) in [5, 5.41) is 0. The standard InChI is InChI=1S/C18H28N2O/c1-12-5-4-6-14(9-12)20(2)17-10-13-7-8-15(21-3)11-16(13)18(17)19/h7-8,11-12,14,17-18H,4-6,9-10,19H2,1-3H3. The zero-order chi connectivity index (χ0) is 15.0. The van der Waals surface area contributed by atoms with Gasteiger partial charge in [0.25, 0.3) is 0 Å². The first kappa shape index (κ1) is 14.9. The smallest absolute Gasteiger partial charge is 0.119 e. The van der Waals surface area contributed by atoms with Gasteiger partial charge in [-0.25, -0.2) is 0 Å². The number of likely N-dealkylation sites (N-methyl/N-ethyl adjacent to an activating group) is 1. The average Bonchev–Trinajstić information content (AvgIpc) is 2.83. The van der Waals surface area contributed by atoms with Crippen LogP contribution in [-0.2, 0) is 6.42 Å². The highest BCUT2D eigenvalue weighted by Gasteiger charge is 2.36. The molecule has 1 saturated carbocycles. The summed E-state index contributed by atoms with van der Waals surface area (Å²) in [5.74, 6) is 1.77. The lowest BCUT2D eigenvalue weighted by Crippen LogP contribution is -2.46. The van der Waals surface area contributed by atoms with Gasteiger partial charge in [-0.05, 0) is 55.5 Å². The van der Waals surface area contributed by atoms with Crippen molar-refractivity contribution in [1.82, 2.24) is 4.90 Å². The predicted octanol–water partition coefficient (Wildman–Crippen LogP) is 3.13. The third kappa shape index (κ3) is 2.82. The van der Waals surface area contributed by atoms with Crippen LogP contribution in [0.3, 0.4) is 0 Å². The third-order valence-corrected chi connectivity index (χ3v) is 5.56. The molecule has 2 aliphatic carbocycles. The molecule has 0 aliphatic heterocycles. The number of hydrogen-bond acceptors (Lipinski definition) is 3. The number of methoxy groups -OCH3 is 1. The average molecular weight is 288 g/mol. The van der Waals surface area contributed by atoms with Crippen molar-refractivity contribution in [2.75, 3.05) is 14.2 Å². The van der Waals surface area contributed by atoms with Crippen LogP contribution in [0.1, 0.15) is 49.8 Å². The molecule has 3 nitrogen and oxygen atoms in total. The summed E-state index contributed by atoms with van der Waals surface area (Å²) in [5.41, 5.74) is 9.23. The number of nitrogens with zero attached hydrogens (tertiary/aromatic N) is 1. The number of ether oxygens (including phenoxy) is 1. The molecule has 4 atom stereocenters. The van der Waals surface area contributed by atoms with Gasteiger partial charge >= 0.3 is 0 Å². The normalized spacial score (nSPS) is 32.2. The van der Waals surface area contributed by atoms with Gasteiger partial charge < -0.3 is 10.5 Å². The van der Waals surface area contributed by atoms with Crippen molar-refractivity contribution < 1.29 is 4.74 Å². The Bertz CT molecular complexity index is 502. The van der Waals surface area contributed by atoms with Crippen molar-refractivity contribution in [3.05, 3.63) is 29.3 Å². The maximum Gasteiger partial charge on any atom is 0.119 e. The first-order valence-electron chi connectivity index (χ1n) is 8.24. The van der Waals surface area contributed by atoms with E-state index in [-0.39, 0.29) is 6.04 Å². The van der Waals surface area contributed by atoms with Crippen LogP contribution >= 0.6 is 0 Å². The number of benzene rings is 1. The van der Waals surface area contributed by atoms with Gasteiger partial charge in [0.1, 0.15) is 5.75 Å². The molecule has 0 radical (unpaired) electrons. The summed E-state index contributed by atoms with van der Waals surface area (Å²) in [6.45, 7) is 2.38. The van der Waals surface area contributed by atoms with Crippen molar-refractivity contribution in [3.8, 4) is 5.75 Å². The quantitative estimate of drug-likeness (QED) is 0.928. The summed E-state index contributed by atoms with van der Waals surface area (Å²) in [7, 11) is 3.99.